The van der Waals surface area contributed by atoms with Crippen LogP contribution < -0.4 is 4.74 Å². The van der Waals surface area contributed by atoms with Gasteiger partial charge >= 0.3 is 0 Å². The lowest BCUT2D eigenvalue weighted by atomic mass is 10.1. The van der Waals surface area contributed by atoms with Gasteiger partial charge in [0.2, 0.25) is 0 Å². The normalized spacial score (nSPS) is 18.9. The fourth-order valence-electron chi connectivity index (χ4n) is 2.79. The van der Waals surface area contributed by atoms with Gasteiger partial charge in [0.15, 0.2) is 6.61 Å². The Morgan fingerprint density at radius 2 is 1.95 bits per heavy atom. The molecule has 2 rings (SSSR count). The second-order valence-electron chi connectivity index (χ2n) is 5.50. The third kappa shape index (κ3) is 4.66. The zero-order valence-electron chi connectivity index (χ0n) is 12.4. The van der Waals surface area contributed by atoms with Crippen LogP contribution in [0.15, 0.2) is 18.2 Å². The molecule has 0 aliphatic carbocycles. The minimum atomic E-state index is -0.740. The number of hydrogen-bond donors (Lipinski definition) is 1. The summed E-state index contributed by atoms with van der Waals surface area (Å²) in [6, 6.07) is 2.85. The summed E-state index contributed by atoms with van der Waals surface area (Å²) < 4.78 is 31.4. The zero-order chi connectivity index (χ0) is 15.9. The number of carbonyl (C=O) groups excluding carboxylic acids is 1. The monoisotopic (exact) mass is 313 g/mol. The molecule has 1 heterocycles. The molecule has 1 aromatic carbocycles. The molecule has 0 radical (unpaired) electrons. The topological polar surface area (TPSA) is 49.8 Å². The van der Waals surface area contributed by atoms with Crippen molar-refractivity contribution in [3.05, 3.63) is 29.8 Å². The van der Waals surface area contributed by atoms with Crippen LogP contribution in [0.1, 0.15) is 32.1 Å². The van der Waals surface area contributed by atoms with Crippen LogP contribution in [0.3, 0.4) is 0 Å². The van der Waals surface area contributed by atoms with Crippen LogP contribution in [0.5, 0.6) is 5.75 Å². The number of ether oxygens (including phenoxy) is 1. The summed E-state index contributed by atoms with van der Waals surface area (Å²) in [5.41, 5.74) is 0. The van der Waals surface area contributed by atoms with E-state index >= 15 is 0 Å². The van der Waals surface area contributed by atoms with Crippen molar-refractivity contribution in [1.29, 1.82) is 0 Å². The van der Waals surface area contributed by atoms with E-state index < -0.39 is 11.6 Å². The van der Waals surface area contributed by atoms with E-state index in [0.717, 1.165) is 43.9 Å². The van der Waals surface area contributed by atoms with Crippen molar-refractivity contribution < 1.29 is 23.4 Å². The summed E-state index contributed by atoms with van der Waals surface area (Å²) in [6.07, 6.45) is 4.41. The molecule has 6 heteroatoms. The molecule has 1 N–H and O–H groups in total. The third-order valence-corrected chi connectivity index (χ3v) is 3.86. The van der Waals surface area contributed by atoms with Crippen LogP contribution in [0.2, 0.25) is 0 Å². The lowest BCUT2D eigenvalue weighted by Gasteiger charge is -2.29. The summed E-state index contributed by atoms with van der Waals surface area (Å²) in [5.74, 6) is -1.70. The molecule has 122 valence electrons. The fraction of sp³-hybridized carbons (Fsp3) is 0.562. The van der Waals surface area contributed by atoms with Crippen molar-refractivity contribution in [3.63, 3.8) is 0 Å². The number of hydrogen-bond acceptors (Lipinski definition) is 3. The van der Waals surface area contributed by atoms with Crippen LogP contribution in [-0.2, 0) is 4.79 Å². The molecule has 0 saturated carbocycles. The van der Waals surface area contributed by atoms with Crippen LogP contribution in [0.25, 0.3) is 0 Å². The first kappa shape index (κ1) is 16.7. The van der Waals surface area contributed by atoms with E-state index in [-0.39, 0.29) is 30.9 Å². The minimum Gasteiger partial charge on any atom is -0.484 e. The predicted octanol–water partition coefficient (Wildman–Crippen LogP) is 2.50. The number of aliphatic hydroxyl groups is 1. The number of amides is 1. The molecule has 22 heavy (non-hydrogen) atoms. The first-order valence-corrected chi connectivity index (χ1v) is 7.59. The van der Waals surface area contributed by atoms with Gasteiger partial charge in [-0.25, -0.2) is 8.78 Å². The lowest BCUT2D eigenvalue weighted by molar-refractivity contribution is -0.136. The molecule has 1 fully saturated rings. The molecular formula is C16H21F2NO3. The molecule has 1 aliphatic rings. The SMILES string of the molecule is O=C(COc1cc(F)cc(F)c1)N1CCCCCC1CCO. The molecule has 1 aromatic rings. The molecule has 4 nitrogen and oxygen atoms in total. The smallest absolute Gasteiger partial charge is 0.260 e. The third-order valence-electron chi connectivity index (χ3n) is 3.86. The number of rotatable bonds is 5. The van der Waals surface area contributed by atoms with Crippen LogP contribution in [0.4, 0.5) is 8.78 Å². The van der Waals surface area contributed by atoms with Gasteiger partial charge in [0.25, 0.3) is 5.91 Å². The van der Waals surface area contributed by atoms with Crippen molar-refractivity contribution >= 4 is 5.91 Å². The van der Waals surface area contributed by atoms with Crippen LogP contribution in [-0.4, -0.2) is 41.7 Å². The van der Waals surface area contributed by atoms with Crippen molar-refractivity contribution in [3.8, 4) is 5.75 Å². The summed E-state index contributed by atoms with van der Waals surface area (Å²) in [4.78, 5) is 14.0. The Kier molecular flexibility index (Phi) is 6.12. The Hall–Kier alpha value is -1.69. The molecular weight excluding hydrogens is 292 g/mol. The highest BCUT2D eigenvalue weighted by molar-refractivity contribution is 5.78. The standard InChI is InChI=1S/C16H21F2NO3/c17-12-8-13(18)10-15(9-12)22-11-16(21)19-6-3-1-2-4-14(19)5-7-20/h8-10,14,20H,1-7,11H2. The lowest BCUT2D eigenvalue weighted by Crippen LogP contribution is -2.43. The van der Waals surface area contributed by atoms with Gasteiger partial charge in [-0.3, -0.25) is 4.79 Å². The summed E-state index contributed by atoms with van der Waals surface area (Å²) >= 11 is 0. The average Bonchev–Trinajstić information content (AvgIpc) is 2.70. The molecule has 0 bridgehead atoms. The fourth-order valence-corrected chi connectivity index (χ4v) is 2.79. The molecule has 1 aliphatic heterocycles. The largest absolute Gasteiger partial charge is 0.484 e. The number of halogens is 2. The van der Waals surface area contributed by atoms with Gasteiger partial charge in [-0.1, -0.05) is 12.8 Å². The Balaban J connectivity index is 1.96. The first-order chi connectivity index (χ1) is 10.6. The second-order valence-corrected chi connectivity index (χ2v) is 5.50. The molecule has 1 saturated heterocycles. The van der Waals surface area contributed by atoms with E-state index in [9.17, 15) is 13.6 Å². The Morgan fingerprint density at radius 3 is 2.64 bits per heavy atom. The quantitative estimate of drug-likeness (QED) is 0.908. The van der Waals surface area contributed by atoms with Gasteiger partial charge < -0.3 is 14.7 Å². The van der Waals surface area contributed by atoms with Crippen molar-refractivity contribution in [2.75, 3.05) is 19.8 Å². The van der Waals surface area contributed by atoms with Crippen molar-refractivity contribution in [2.45, 2.75) is 38.1 Å². The molecule has 1 unspecified atom stereocenters. The Morgan fingerprint density at radius 1 is 1.23 bits per heavy atom. The average molecular weight is 313 g/mol. The second kappa shape index (κ2) is 8.08. The molecule has 1 atom stereocenters. The minimum absolute atomic E-state index is 0.000574. The molecule has 0 spiro atoms. The molecule has 0 aromatic heterocycles. The summed E-state index contributed by atoms with van der Waals surface area (Å²) in [5, 5.41) is 9.13. The van der Waals surface area contributed by atoms with E-state index in [0.29, 0.717) is 13.0 Å². The van der Waals surface area contributed by atoms with Crippen molar-refractivity contribution in [2.24, 2.45) is 0 Å². The summed E-state index contributed by atoms with van der Waals surface area (Å²) in [6.45, 7) is 0.402. The predicted molar refractivity (Wildman–Crippen MR) is 77.5 cm³/mol. The number of nitrogens with zero attached hydrogens (tertiary/aromatic N) is 1. The number of aliphatic hydroxyl groups excluding tert-OH is 1. The maximum atomic E-state index is 13.1. The van der Waals surface area contributed by atoms with Gasteiger partial charge in [-0.05, 0) is 19.3 Å². The summed E-state index contributed by atoms with van der Waals surface area (Å²) in [7, 11) is 0. The van der Waals surface area contributed by atoms with Gasteiger partial charge in [0, 0.05) is 37.4 Å². The van der Waals surface area contributed by atoms with Gasteiger partial charge in [0.05, 0.1) is 0 Å². The maximum Gasteiger partial charge on any atom is 0.260 e. The van der Waals surface area contributed by atoms with Crippen LogP contribution in [0, 0.1) is 11.6 Å². The van der Waals surface area contributed by atoms with E-state index in [4.69, 9.17) is 9.84 Å². The van der Waals surface area contributed by atoms with E-state index in [1.165, 1.54) is 0 Å². The van der Waals surface area contributed by atoms with Crippen molar-refractivity contribution in [1.82, 2.24) is 4.90 Å². The Labute approximate surface area is 128 Å². The van der Waals surface area contributed by atoms with E-state index in [1.54, 1.807) is 4.90 Å². The first-order valence-electron chi connectivity index (χ1n) is 7.59. The van der Waals surface area contributed by atoms with E-state index in [2.05, 4.69) is 0 Å². The highest BCUT2D eigenvalue weighted by atomic mass is 19.1. The maximum absolute atomic E-state index is 13.1. The highest BCUT2D eigenvalue weighted by Crippen LogP contribution is 2.20. The molecule has 1 amide bonds. The van der Waals surface area contributed by atoms with Gasteiger partial charge in [-0.15, -0.1) is 0 Å². The van der Waals surface area contributed by atoms with Crippen LogP contribution >= 0.6 is 0 Å². The Bertz CT molecular complexity index is 490. The van der Waals surface area contributed by atoms with Gasteiger partial charge in [0.1, 0.15) is 17.4 Å². The number of benzene rings is 1. The zero-order valence-corrected chi connectivity index (χ0v) is 12.4. The number of carbonyl (C=O) groups is 1. The van der Waals surface area contributed by atoms with Gasteiger partial charge in [-0.2, -0.15) is 0 Å². The van der Waals surface area contributed by atoms with E-state index in [1.807, 2.05) is 0 Å². The number of likely N-dealkylation sites (tertiary alicyclic amines) is 1. The highest BCUT2D eigenvalue weighted by Gasteiger charge is 2.25.